The lowest BCUT2D eigenvalue weighted by Gasteiger charge is -2.37. The van der Waals surface area contributed by atoms with Crippen molar-refractivity contribution in [2.75, 3.05) is 0 Å². The molecule has 0 saturated carbocycles. The van der Waals surface area contributed by atoms with Crippen molar-refractivity contribution >= 4 is 18.0 Å². The monoisotopic (exact) mass is 438 g/mol. The fourth-order valence-corrected chi connectivity index (χ4v) is 3.58. The molecule has 170 valence electrons. The lowest BCUT2D eigenvalue weighted by molar-refractivity contribution is -0.158. The van der Waals surface area contributed by atoms with E-state index in [4.69, 9.17) is 9.47 Å². The molecule has 2 atom stereocenters. The fourth-order valence-electron chi connectivity index (χ4n) is 3.58. The molecule has 0 aliphatic carbocycles. The summed E-state index contributed by atoms with van der Waals surface area (Å²) in [5.74, 6) is -0.840. The SMILES string of the molecule is C[C@H](NC(=O)OC(C)(C)C)C(=O)N1Cc2ccccc2C[C@H]1C(=O)OCc1ccccc1. The first-order valence-corrected chi connectivity index (χ1v) is 10.7. The third-order valence-electron chi connectivity index (χ3n) is 5.13. The molecule has 1 aliphatic rings. The van der Waals surface area contributed by atoms with Gasteiger partial charge in [-0.25, -0.2) is 9.59 Å². The summed E-state index contributed by atoms with van der Waals surface area (Å²) in [6, 6.07) is 15.5. The number of hydrogen-bond acceptors (Lipinski definition) is 5. The molecule has 3 rings (SSSR count). The molecule has 1 aliphatic heterocycles. The van der Waals surface area contributed by atoms with E-state index in [1.54, 1.807) is 27.7 Å². The largest absolute Gasteiger partial charge is 0.459 e. The van der Waals surface area contributed by atoms with E-state index >= 15 is 0 Å². The maximum Gasteiger partial charge on any atom is 0.408 e. The van der Waals surface area contributed by atoms with Gasteiger partial charge >= 0.3 is 12.1 Å². The van der Waals surface area contributed by atoms with Crippen molar-refractivity contribution in [3.63, 3.8) is 0 Å². The highest BCUT2D eigenvalue weighted by atomic mass is 16.6. The van der Waals surface area contributed by atoms with E-state index < -0.39 is 29.7 Å². The Hall–Kier alpha value is -3.35. The Morgan fingerprint density at radius 1 is 1.03 bits per heavy atom. The summed E-state index contributed by atoms with van der Waals surface area (Å²) in [4.78, 5) is 39.9. The van der Waals surface area contributed by atoms with Crippen LogP contribution in [0.3, 0.4) is 0 Å². The Labute approximate surface area is 188 Å². The Morgan fingerprint density at radius 2 is 1.66 bits per heavy atom. The van der Waals surface area contributed by atoms with Crippen LogP contribution in [-0.2, 0) is 38.6 Å². The van der Waals surface area contributed by atoms with Crippen LogP contribution in [-0.4, -0.2) is 40.6 Å². The summed E-state index contributed by atoms with van der Waals surface area (Å²) in [6.07, 6.45) is -0.326. The predicted octanol–water partition coefficient (Wildman–Crippen LogP) is 3.60. The van der Waals surface area contributed by atoms with E-state index in [9.17, 15) is 14.4 Å². The standard InChI is InChI=1S/C25H30N2O5/c1-17(26-24(30)32-25(2,3)4)22(28)27-15-20-13-9-8-12-19(20)14-21(27)23(29)31-16-18-10-6-5-7-11-18/h5-13,17,21H,14-16H2,1-4H3,(H,26,30)/t17-,21-/m0/s1. The fraction of sp³-hybridized carbons (Fsp3) is 0.400. The van der Waals surface area contributed by atoms with Crippen LogP contribution in [0.5, 0.6) is 0 Å². The number of amides is 2. The minimum absolute atomic E-state index is 0.131. The lowest BCUT2D eigenvalue weighted by Crippen LogP contribution is -2.55. The maximum atomic E-state index is 13.2. The molecule has 0 unspecified atom stereocenters. The highest BCUT2D eigenvalue weighted by molar-refractivity contribution is 5.90. The second-order valence-corrected chi connectivity index (χ2v) is 8.92. The normalized spacial score (nSPS) is 16.5. The minimum atomic E-state index is -0.862. The first kappa shape index (κ1) is 23.3. The van der Waals surface area contributed by atoms with Crippen molar-refractivity contribution in [3.8, 4) is 0 Å². The van der Waals surface area contributed by atoms with Crippen molar-refractivity contribution in [1.82, 2.24) is 10.2 Å². The summed E-state index contributed by atoms with van der Waals surface area (Å²) >= 11 is 0. The van der Waals surface area contributed by atoms with Gasteiger partial charge in [0, 0.05) is 13.0 Å². The molecular formula is C25H30N2O5. The first-order valence-electron chi connectivity index (χ1n) is 10.7. The van der Waals surface area contributed by atoms with Crippen molar-refractivity contribution in [2.45, 2.75) is 65.0 Å². The van der Waals surface area contributed by atoms with Gasteiger partial charge in [0.05, 0.1) is 0 Å². The number of ether oxygens (including phenoxy) is 2. The summed E-state index contributed by atoms with van der Waals surface area (Å²) in [7, 11) is 0. The average molecular weight is 439 g/mol. The van der Waals surface area contributed by atoms with Crippen LogP contribution < -0.4 is 5.32 Å². The van der Waals surface area contributed by atoms with Gasteiger partial charge in [0.2, 0.25) is 5.91 Å². The molecule has 0 spiro atoms. The van der Waals surface area contributed by atoms with Gasteiger partial charge in [0.1, 0.15) is 24.3 Å². The number of carbonyl (C=O) groups excluding carboxylic acids is 3. The zero-order valence-electron chi connectivity index (χ0n) is 19.0. The van der Waals surface area contributed by atoms with Crippen LogP contribution >= 0.6 is 0 Å². The number of benzene rings is 2. The van der Waals surface area contributed by atoms with Gasteiger partial charge < -0.3 is 19.7 Å². The summed E-state index contributed by atoms with van der Waals surface area (Å²) in [6.45, 7) is 7.23. The number of rotatable bonds is 5. The van der Waals surface area contributed by atoms with Crippen molar-refractivity contribution in [3.05, 3.63) is 71.3 Å². The minimum Gasteiger partial charge on any atom is -0.459 e. The molecule has 0 fully saturated rings. The molecule has 0 bridgehead atoms. The molecular weight excluding hydrogens is 408 g/mol. The van der Waals surface area contributed by atoms with Gasteiger partial charge in [-0.05, 0) is 44.4 Å². The number of hydrogen-bond donors (Lipinski definition) is 1. The van der Waals surface area contributed by atoms with Crippen LogP contribution in [0, 0.1) is 0 Å². The number of esters is 1. The van der Waals surface area contributed by atoms with Gasteiger partial charge in [-0.15, -0.1) is 0 Å². The highest BCUT2D eigenvalue weighted by Crippen LogP contribution is 2.25. The Morgan fingerprint density at radius 3 is 2.31 bits per heavy atom. The second-order valence-electron chi connectivity index (χ2n) is 8.92. The molecule has 2 amide bonds. The van der Waals surface area contributed by atoms with Crippen molar-refractivity contribution in [1.29, 1.82) is 0 Å². The molecule has 0 saturated heterocycles. The summed E-state index contributed by atoms with van der Waals surface area (Å²) < 4.78 is 10.8. The maximum absolute atomic E-state index is 13.2. The van der Waals surface area contributed by atoms with E-state index in [2.05, 4.69) is 5.32 Å². The van der Waals surface area contributed by atoms with Gasteiger partial charge in [0.25, 0.3) is 0 Å². The molecule has 7 heteroatoms. The first-order chi connectivity index (χ1) is 15.1. The van der Waals surface area contributed by atoms with E-state index in [0.29, 0.717) is 6.42 Å². The molecule has 2 aromatic rings. The predicted molar refractivity (Wildman–Crippen MR) is 120 cm³/mol. The zero-order valence-corrected chi connectivity index (χ0v) is 19.0. The molecule has 7 nitrogen and oxygen atoms in total. The molecule has 1 N–H and O–H groups in total. The third-order valence-corrected chi connectivity index (χ3v) is 5.13. The lowest BCUT2D eigenvalue weighted by atomic mass is 9.93. The number of fused-ring (bicyclic) bond motifs is 1. The zero-order chi connectivity index (χ0) is 23.3. The number of nitrogens with zero attached hydrogens (tertiary/aromatic N) is 1. The molecule has 2 aromatic carbocycles. The second kappa shape index (κ2) is 9.85. The van der Waals surface area contributed by atoms with Crippen LogP contribution in [0.4, 0.5) is 4.79 Å². The van der Waals surface area contributed by atoms with Crippen molar-refractivity contribution in [2.24, 2.45) is 0 Å². The molecule has 1 heterocycles. The van der Waals surface area contributed by atoms with Crippen molar-refractivity contribution < 1.29 is 23.9 Å². The number of nitrogens with one attached hydrogen (secondary N) is 1. The third kappa shape index (κ3) is 6.09. The topological polar surface area (TPSA) is 84.9 Å². The summed E-state index contributed by atoms with van der Waals surface area (Å²) in [5, 5.41) is 2.57. The van der Waals surface area contributed by atoms with Crippen LogP contribution in [0.15, 0.2) is 54.6 Å². The Bertz CT molecular complexity index is 968. The highest BCUT2D eigenvalue weighted by Gasteiger charge is 2.38. The van der Waals surface area contributed by atoms with E-state index in [1.165, 1.54) is 4.90 Å². The van der Waals surface area contributed by atoms with Crippen LogP contribution in [0.2, 0.25) is 0 Å². The molecule has 0 radical (unpaired) electrons. The van der Waals surface area contributed by atoms with Crippen LogP contribution in [0.1, 0.15) is 44.4 Å². The number of alkyl carbamates (subject to hydrolysis) is 1. The molecule has 32 heavy (non-hydrogen) atoms. The Kier molecular flexibility index (Phi) is 7.18. The van der Waals surface area contributed by atoms with Gasteiger partial charge in [0.15, 0.2) is 0 Å². The summed E-state index contributed by atoms with van der Waals surface area (Å²) in [5.41, 5.74) is 2.17. The van der Waals surface area contributed by atoms with E-state index in [1.807, 2.05) is 54.6 Å². The smallest absolute Gasteiger partial charge is 0.408 e. The van der Waals surface area contributed by atoms with Gasteiger partial charge in [-0.3, -0.25) is 4.79 Å². The van der Waals surface area contributed by atoms with Gasteiger partial charge in [-0.1, -0.05) is 54.6 Å². The average Bonchev–Trinajstić information content (AvgIpc) is 2.75. The number of carbonyl (C=O) groups is 3. The van der Waals surface area contributed by atoms with Crippen LogP contribution in [0.25, 0.3) is 0 Å². The quantitative estimate of drug-likeness (QED) is 0.721. The van der Waals surface area contributed by atoms with E-state index in [-0.39, 0.29) is 19.1 Å². The van der Waals surface area contributed by atoms with Gasteiger partial charge in [-0.2, -0.15) is 0 Å². The Balaban J connectivity index is 1.74. The molecule has 0 aromatic heterocycles. The van der Waals surface area contributed by atoms with E-state index in [0.717, 1.165) is 16.7 Å².